The number of amides is 1. The van der Waals surface area contributed by atoms with Crippen molar-refractivity contribution in [2.75, 3.05) is 12.4 Å². The predicted octanol–water partition coefficient (Wildman–Crippen LogP) is 4.22. The molecule has 0 aliphatic carbocycles. The van der Waals surface area contributed by atoms with Crippen LogP contribution in [-0.2, 0) is 13.3 Å². The van der Waals surface area contributed by atoms with Gasteiger partial charge in [-0.2, -0.15) is 10.2 Å². The molecule has 0 saturated carbocycles. The number of benzene rings is 2. The average molecular weight is 456 g/mol. The van der Waals surface area contributed by atoms with Crippen molar-refractivity contribution >= 4 is 23.2 Å². The Morgan fingerprint density at radius 1 is 1.16 bits per heavy atom. The molecule has 0 unspecified atom stereocenters. The number of ether oxygens (including phenoxy) is 2. The van der Waals surface area contributed by atoms with E-state index >= 15 is 0 Å². The minimum atomic E-state index is -0.524. The molecule has 164 valence electrons. The predicted molar refractivity (Wildman–Crippen MR) is 117 cm³/mol. The first-order valence-electron chi connectivity index (χ1n) is 9.58. The summed E-state index contributed by atoms with van der Waals surface area (Å²) in [5.41, 5.74) is 1.78. The molecule has 10 heteroatoms. The van der Waals surface area contributed by atoms with E-state index in [1.54, 1.807) is 36.4 Å². The number of carbonyl (C=O) groups excluding carboxylic acids is 1. The summed E-state index contributed by atoms with van der Waals surface area (Å²) in [5, 5.41) is 11.2. The molecule has 2 heterocycles. The third-order valence-electron chi connectivity index (χ3n) is 4.50. The quantitative estimate of drug-likeness (QED) is 0.430. The SMILES string of the molecule is COc1cccc(Cn2cc(NC(=O)c3ccn(COc4ccc(F)c(Cl)c4)n3)cn2)c1. The molecule has 0 atom stereocenters. The molecule has 32 heavy (non-hydrogen) atoms. The molecule has 0 spiro atoms. The van der Waals surface area contributed by atoms with Crippen molar-refractivity contribution in [1.29, 1.82) is 0 Å². The van der Waals surface area contributed by atoms with Crippen LogP contribution in [0, 0.1) is 5.82 Å². The second-order valence-corrected chi connectivity index (χ2v) is 7.23. The zero-order chi connectivity index (χ0) is 22.5. The average Bonchev–Trinajstić information content (AvgIpc) is 3.44. The number of hydrogen-bond acceptors (Lipinski definition) is 5. The highest BCUT2D eigenvalue weighted by Gasteiger charge is 2.12. The lowest BCUT2D eigenvalue weighted by Gasteiger charge is -2.06. The monoisotopic (exact) mass is 455 g/mol. The molecule has 0 aliphatic heterocycles. The van der Waals surface area contributed by atoms with Crippen molar-refractivity contribution in [1.82, 2.24) is 19.6 Å². The molecule has 4 aromatic rings. The van der Waals surface area contributed by atoms with Gasteiger partial charge in [-0.15, -0.1) is 0 Å². The zero-order valence-electron chi connectivity index (χ0n) is 17.0. The molecule has 0 fully saturated rings. The van der Waals surface area contributed by atoms with Crippen LogP contribution in [0.3, 0.4) is 0 Å². The van der Waals surface area contributed by atoms with Crippen molar-refractivity contribution in [2.45, 2.75) is 13.3 Å². The Labute approximate surface area is 188 Å². The van der Waals surface area contributed by atoms with Gasteiger partial charge in [0.1, 0.15) is 17.3 Å². The van der Waals surface area contributed by atoms with E-state index in [1.165, 1.54) is 22.9 Å². The van der Waals surface area contributed by atoms with Crippen LogP contribution in [-0.4, -0.2) is 32.6 Å². The van der Waals surface area contributed by atoms with Crippen LogP contribution >= 0.6 is 11.6 Å². The lowest BCUT2D eigenvalue weighted by atomic mass is 10.2. The summed E-state index contributed by atoms with van der Waals surface area (Å²) in [4.78, 5) is 12.5. The first-order chi connectivity index (χ1) is 15.5. The van der Waals surface area contributed by atoms with E-state index in [4.69, 9.17) is 21.1 Å². The van der Waals surface area contributed by atoms with E-state index in [2.05, 4.69) is 15.5 Å². The molecule has 4 rings (SSSR count). The fourth-order valence-electron chi connectivity index (χ4n) is 2.93. The highest BCUT2D eigenvalue weighted by Crippen LogP contribution is 2.21. The van der Waals surface area contributed by atoms with Gasteiger partial charge in [0.25, 0.3) is 5.91 Å². The molecule has 1 amide bonds. The number of rotatable bonds is 8. The van der Waals surface area contributed by atoms with Crippen LogP contribution in [0.4, 0.5) is 10.1 Å². The Balaban J connectivity index is 1.33. The molecule has 2 aromatic heterocycles. The largest absolute Gasteiger partial charge is 0.497 e. The molecule has 2 aromatic carbocycles. The standard InChI is InChI=1S/C22H19ClFN5O3/c1-31-17-4-2-3-15(9-17)12-29-13-16(11-25-29)26-22(30)21-7-8-28(27-21)14-32-18-5-6-20(24)19(23)10-18/h2-11,13H,12,14H2,1H3,(H,26,30). The Bertz CT molecular complexity index is 1240. The molecular formula is C22H19ClFN5O3. The molecular weight excluding hydrogens is 437 g/mol. The van der Waals surface area contributed by atoms with E-state index in [1.807, 2.05) is 24.3 Å². The Kier molecular flexibility index (Phi) is 6.37. The van der Waals surface area contributed by atoms with E-state index < -0.39 is 5.82 Å². The lowest BCUT2D eigenvalue weighted by Crippen LogP contribution is -2.14. The van der Waals surface area contributed by atoms with Crippen LogP contribution in [0.1, 0.15) is 16.1 Å². The number of anilines is 1. The highest BCUT2D eigenvalue weighted by molar-refractivity contribution is 6.30. The normalized spacial score (nSPS) is 10.7. The number of aromatic nitrogens is 4. The Hall–Kier alpha value is -3.85. The van der Waals surface area contributed by atoms with Crippen molar-refractivity contribution in [3.05, 3.63) is 89.2 Å². The number of nitrogens with one attached hydrogen (secondary N) is 1. The van der Waals surface area contributed by atoms with Gasteiger partial charge in [-0.05, 0) is 35.9 Å². The van der Waals surface area contributed by atoms with Gasteiger partial charge in [0, 0.05) is 18.5 Å². The topological polar surface area (TPSA) is 83.2 Å². The number of hydrogen-bond donors (Lipinski definition) is 1. The summed E-state index contributed by atoms with van der Waals surface area (Å²) in [7, 11) is 1.62. The van der Waals surface area contributed by atoms with Gasteiger partial charge in [0.05, 0.1) is 30.6 Å². The summed E-state index contributed by atoms with van der Waals surface area (Å²) in [6.07, 6.45) is 4.90. The zero-order valence-corrected chi connectivity index (χ0v) is 17.8. The van der Waals surface area contributed by atoms with Crippen LogP contribution in [0.5, 0.6) is 11.5 Å². The molecule has 0 bridgehead atoms. The van der Waals surface area contributed by atoms with Crippen LogP contribution in [0.15, 0.2) is 67.1 Å². The number of nitrogens with zero attached hydrogens (tertiary/aromatic N) is 4. The maximum Gasteiger partial charge on any atom is 0.276 e. The van der Waals surface area contributed by atoms with Crippen molar-refractivity contribution in [2.24, 2.45) is 0 Å². The van der Waals surface area contributed by atoms with Crippen molar-refractivity contribution in [3.8, 4) is 11.5 Å². The summed E-state index contributed by atoms with van der Waals surface area (Å²) < 4.78 is 27.1. The van der Waals surface area contributed by atoms with E-state index in [9.17, 15) is 9.18 Å². The van der Waals surface area contributed by atoms with Gasteiger partial charge in [0.15, 0.2) is 12.4 Å². The Morgan fingerprint density at radius 2 is 2.03 bits per heavy atom. The maximum absolute atomic E-state index is 13.2. The lowest BCUT2D eigenvalue weighted by molar-refractivity contribution is 0.102. The van der Waals surface area contributed by atoms with E-state index in [0.29, 0.717) is 18.0 Å². The van der Waals surface area contributed by atoms with Gasteiger partial charge >= 0.3 is 0 Å². The number of carbonyl (C=O) groups is 1. The van der Waals surface area contributed by atoms with Gasteiger partial charge < -0.3 is 14.8 Å². The smallest absolute Gasteiger partial charge is 0.276 e. The van der Waals surface area contributed by atoms with E-state index in [-0.39, 0.29) is 23.4 Å². The second-order valence-electron chi connectivity index (χ2n) is 6.82. The molecule has 0 saturated heterocycles. The fourth-order valence-corrected chi connectivity index (χ4v) is 3.10. The van der Waals surface area contributed by atoms with E-state index in [0.717, 1.165) is 11.3 Å². The minimum absolute atomic E-state index is 0.0324. The van der Waals surface area contributed by atoms with Gasteiger partial charge in [0.2, 0.25) is 0 Å². The highest BCUT2D eigenvalue weighted by atomic mass is 35.5. The van der Waals surface area contributed by atoms with Crippen molar-refractivity contribution < 1.29 is 18.7 Å². The van der Waals surface area contributed by atoms with Crippen LogP contribution in [0.25, 0.3) is 0 Å². The minimum Gasteiger partial charge on any atom is -0.497 e. The van der Waals surface area contributed by atoms with Crippen LogP contribution in [0.2, 0.25) is 5.02 Å². The molecule has 1 N–H and O–H groups in total. The second kappa shape index (κ2) is 9.52. The number of methoxy groups -OCH3 is 1. The third-order valence-corrected chi connectivity index (χ3v) is 4.79. The van der Waals surface area contributed by atoms with Crippen molar-refractivity contribution in [3.63, 3.8) is 0 Å². The fraction of sp³-hybridized carbons (Fsp3) is 0.136. The maximum atomic E-state index is 13.2. The van der Waals surface area contributed by atoms with Gasteiger partial charge in [-0.1, -0.05) is 23.7 Å². The molecule has 8 nitrogen and oxygen atoms in total. The third kappa shape index (κ3) is 5.25. The number of halogens is 2. The summed E-state index contributed by atoms with van der Waals surface area (Å²) in [6, 6.07) is 13.3. The molecule has 0 radical (unpaired) electrons. The summed E-state index contributed by atoms with van der Waals surface area (Å²) in [5.74, 6) is 0.255. The summed E-state index contributed by atoms with van der Waals surface area (Å²) in [6.45, 7) is 0.570. The first kappa shape index (κ1) is 21.4. The van der Waals surface area contributed by atoms with Crippen LogP contribution < -0.4 is 14.8 Å². The first-order valence-corrected chi connectivity index (χ1v) is 9.96. The van der Waals surface area contributed by atoms with Gasteiger partial charge in [-0.25, -0.2) is 9.07 Å². The molecule has 0 aliphatic rings. The van der Waals surface area contributed by atoms with Gasteiger partial charge in [-0.3, -0.25) is 9.48 Å². The summed E-state index contributed by atoms with van der Waals surface area (Å²) >= 11 is 5.74. The Morgan fingerprint density at radius 3 is 2.84 bits per heavy atom.